The van der Waals surface area contributed by atoms with Gasteiger partial charge in [0.25, 0.3) is 0 Å². The summed E-state index contributed by atoms with van der Waals surface area (Å²) in [5.74, 6) is 0.145. The summed E-state index contributed by atoms with van der Waals surface area (Å²) in [6.07, 6.45) is 1.64. The van der Waals surface area contributed by atoms with E-state index in [0.717, 1.165) is 13.1 Å². The molecule has 1 aromatic rings. The van der Waals surface area contributed by atoms with Crippen molar-refractivity contribution in [3.8, 4) is 0 Å². The molecule has 118 valence electrons. The molecule has 2 atom stereocenters. The Balaban J connectivity index is 1.82. The van der Waals surface area contributed by atoms with Crippen LogP contribution in [-0.4, -0.2) is 42.7 Å². The second-order valence-corrected chi connectivity index (χ2v) is 6.43. The monoisotopic (exact) mass is 314 g/mol. The largest absolute Gasteiger partial charge is 0.387 e. The first-order valence-electron chi connectivity index (χ1n) is 7.52. The highest BCUT2D eigenvalue weighted by atomic mass is 35.5. The van der Waals surface area contributed by atoms with Crippen LogP contribution in [-0.2, 0) is 0 Å². The van der Waals surface area contributed by atoms with Gasteiger partial charge >= 0.3 is 0 Å². The molecule has 1 aliphatic heterocycles. The minimum atomic E-state index is -0.717. The highest BCUT2D eigenvalue weighted by Gasteiger charge is 2.22. The van der Waals surface area contributed by atoms with Gasteiger partial charge in [0, 0.05) is 12.6 Å². The van der Waals surface area contributed by atoms with E-state index in [1.54, 1.807) is 6.07 Å². The van der Waals surface area contributed by atoms with Crippen molar-refractivity contribution >= 4 is 11.6 Å². The number of aliphatic hydroxyl groups excluding tert-OH is 1. The molecule has 1 aromatic carbocycles. The minimum Gasteiger partial charge on any atom is -0.387 e. The molecule has 3 nitrogen and oxygen atoms in total. The molecule has 0 aromatic heterocycles. The van der Waals surface area contributed by atoms with Gasteiger partial charge in [0.15, 0.2) is 0 Å². The topological polar surface area (TPSA) is 35.5 Å². The molecule has 2 rings (SSSR count). The van der Waals surface area contributed by atoms with E-state index in [1.165, 1.54) is 25.0 Å². The van der Waals surface area contributed by atoms with Crippen molar-refractivity contribution in [2.45, 2.75) is 31.9 Å². The number of benzene rings is 1. The van der Waals surface area contributed by atoms with Crippen LogP contribution in [0.25, 0.3) is 0 Å². The van der Waals surface area contributed by atoms with E-state index < -0.39 is 11.9 Å². The smallest absolute Gasteiger partial charge is 0.142 e. The van der Waals surface area contributed by atoms with Crippen LogP contribution in [0.15, 0.2) is 18.2 Å². The zero-order valence-corrected chi connectivity index (χ0v) is 13.4. The summed E-state index contributed by atoms with van der Waals surface area (Å²) in [4.78, 5) is 2.34. The van der Waals surface area contributed by atoms with Crippen LogP contribution >= 0.6 is 11.6 Å². The van der Waals surface area contributed by atoms with Gasteiger partial charge in [0.05, 0.1) is 11.1 Å². The van der Waals surface area contributed by atoms with Crippen molar-refractivity contribution in [3.05, 3.63) is 34.6 Å². The van der Waals surface area contributed by atoms with E-state index >= 15 is 0 Å². The summed E-state index contributed by atoms with van der Waals surface area (Å²) in [5, 5.41) is 13.6. The molecule has 0 saturated carbocycles. The highest BCUT2D eigenvalue weighted by molar-refractivity contribution is 6.30. The second kappa shape index (κ2) is 7.54. The van der Waals surface area contributed by atoms with Crippen LogP contribution in [0.3, 0.4) is 0 Å². The maximum atomic E-state index is 13.4. The van der Waals surface area contributed by atoms with Crippen molar-refractivity contribution < 1.29 is 9.50 Å². The van der Waals surface area contributed by atoms with Crippen LogP contribution in [0.2, 0.25) is 5.02 Å². The first kappa shape index (κ1) is 16.7. The molecule has 1 saturated heterocycles. The van der Waals surface area contributed by atoms with Crippen LogP contribution in [0.5, 0.6) is 0 Å². The summed E-state index contributed by atoms with van der Waals surface area (Å²) in [7, 11) is 2.15. The van der Waals surface area contributed by atoms with Gasteiger partial charge in [-0.25, -0.2) is 4.39 Å². The maximum absolute atomic E-state index is 13.4. The normalized spacial score (nSPS) is 20.4. The van der Waals surface area contributed by atoms with Crippen molar-refractivity contribution in [3.63, 3.8) is 0 Å². The number of piperidine rings is 1. The van der Waals surface area contributed by atoms with Crippen LogP contribution in [0, 0.1) is 11.7 Å². The standard InChI is InChI=1S/C16H24ClFN2O/c1-11(12-5-7-20(2)8-6-12)19-10-16(21)13-3-4-14(17)15(18)9-13/h3-4,9,11-12,16,19,21H,5-8,10H2,1-2H3. The molecule has 0 aliphatic carbocycles. The molecule has 1 heterocycles. The van der Waals surface area contributed by atoms with E-state index in [4.69, 9.17) is 11.6 Å². The SMILES string of the molecule is CC(NCC(O)c1ccc(Cl)c(F)c1)C1CCN(C)CC1. The Labute approximate surface area is 131 Å². The quantitative estimate of drug-likeness (QED) is 0.877. The number of aliphatic hydroxyl groups is 1. The summed E-state index contributed by atoms with van der Waals surface area (Å²) < 4.78 is 13.4. The summed E-state index contributed by atoms with van der Waals surface area (Å²) in [6, 6.07) is 4.80. The maximum Gasteiger partial charge on any atom is 0.142 e. The fourth-order valence-electron chi connectivity index (χ4n) is 2.83. The van der Waals surface area contributed by atoms with Crippen LogP contribution < -0.4 is 5.32 Å². The summed E-state index contributed by atoms with van der Waals surface area (Å²) in [6.45, 7) is 4.84. The lowest BCUT2D eigenvalue weighted by Gasteiger charge is -2.33. The number of rotatable bonds is 5. The van der Waals surface area contributed by atoms with E-state index in [0.29, 0.717) is 24.1 Å². The first-order valence-corrected chi connectivity index (χ1v) is 7.90. The Hall–Kier alpha value is -0.680. The fourth-order valence-corrected chi connectivity index (χ4v) is 2.95. The molecule has 5 heteroatoms. The Bertz CT molecular complexity index is 464. The Morgan fingerprint density at radius 3 is 2.71 bits per heavy atom. The Morgan fingerprint density at radius 1 is 1.43 bits per heavy atom. The number of hydrogen-bond donors (Lipinski definition) is 2. The number of likely N-dealkylation sites (tertiary alicyclic amines) is 1. The predicted octanol–water partition coefficient (Wildman–Crippen LogP) is 2.83. The Morgan fingerprint density at radius 2 is 2.10 bits per heavy atom. The van der Waals surface area contributed by atoms with E-state index in [2.05, 4.69) is 24.2 Å². The van der Waals surface area contributed by atoms with Crippen LogP contribution in [0.4, 0.5) is 4.39 Å². The summed E-state index contributed by atoms with van der Waals surface area (Å²) in [5.41, 5.74) is 0.556. The van der Waals surface area contributed by atoms with Crippen molar-refractivity contribution in [1.29, 1.82) is 0 Å². The van der Waals surface area contributed by atoms with E-state index in [9.17, 15) is 9.50 Å². The van der Waals surface area contributed by atoms with Crippen molar-refractivity contribution in [2.24, 2.45) is 5.92 Å². The molecule has 2 unspecified atom stereocenters. The lowest BCUT2D eigenvalue weighted by molar-refractivity contribution is 0.149. The zero-order chi connectivity index (χ0) is 15.4. The average Bonchev–Trinajstić information content (AvgIpc) is 2.48. The fraction of sp³-hybridized carbons (Fsp3) is 0.625. The van der Waals surface area contributed by atoms with Gasteiger partial charge in [-0.2, -0.15) is 0 Å². The molecule has 0 radical (unpaired) electrons. The average molecular weight is 315 g/mol. The third kappa shape index (κ3) is 4.65. The summed E-state index contributed by atoms with van der Waals surface area (Å²) >= 11 is 5.65. The van der Waals surface area contributed by atoms with Gasteiger partial charge in [-0.1, -0.05) is 17.7 Å². The molecule has 21 heavy (non-hydrogen) atoms. The van der Waals surface area contributed by atoms with Gasteiger partial charge in [0.1, 0.15) is 5.82 Å². The zero-order valence-electron chi connectivity index (χ0n) is 12.6. The third-order valence-electron chi connectivity index (χ3n) is 4.43. The van der Waals surface area contributed by atoms with Gasteiger partial charge in [-0.05, 0) is 63.5 Å². The lowest BCUT2D eigenvalue weighted by Crippen LogP contribution is -2.41. The number of nitrogens with one attached hydrogen (secondary N) is 1. The third-order valence-corrected chi connectivity index (χ3v) is 4.74. The minimum absolute atomic E-state index is 0.0820. The molecular formula is C16H24ClFN2O. The second-order valence-electron chi connectivity index (χ2n) is 6.03. The Kier molecular flexibility index (Phi) is 5.99. The van der Waals surface area contributed by atoms with Gasteiger partial charge in [0.2, 0.25) is 0 Å². The highest BCUT2D eigenvalue weighted by Crippen LogP contribution is 2.22. The molecule has 1 fully saturated rings. The van der Waals surface area contributed by atoms with E-state index in [-0.39, 0.29) is 5.02 Å². The molecular weight excluding hydrogens is 291 g/mol. The molecule has 2 N–H and O–H groups in total. The van der Waals surface area contributed by atoms with E-state index in [1.807, 2.05) is 0 Å². The van der Waals surface area contributed by atoms with Gasteiger partial charge in [-0.3, -0.25) is 0 Å². The van der Waals surface area contributed by atoms with Crippen molar-refractivity contribution in [2.75, 3.05) is 26.7 Å². The number of halogens is 2. The predicted molar refractivity (Wildman–Crippen MR) is 84.1 cm³/mol. The molecule has 0 spiro atoms. The first-order chi connectivity index (χ1) is 9.97. The molecule has 0 bridgehead atoms. The lowest BCUT2D eigenvalue weighted by atomic mass is 9.90. The van der Waals surface area contributed by atoms with Gasteiger partial charge < -0.3 is 15.3 Å². The van der Waals surface area contributed by atoms with Crippen molar-refractivity contribution in [1.82, 2.24) is 10.2 Å². The molecule has 0 amide bonds. The van der Waals surface area contributed by atoms with Crippen LogP contribution in [0.1, 0.15) is 31.4 Å². The molecule has 1 aliphatic rings. The van der Waals surface area contributed by atoms with Gasteiger partial charge in [-0.15, -0.1) is 0 Å². The number of hydrogen-bond acceptors (Lipinski definition) is 3. The number of nitrogens with zero attached hydrogens (tertiary/aromatic N) is 1.